The van der Waals surface area contributed by atoms with E-state index in [4.69, 9.17) is 4.74 Å². The number of nitrogens with one attached hydrogen (secondary N) is 1. The molecule has 2 aromatic carbocycles. The van der Waals surface area contributed by atoms with Crippen LogP contribution in [-0.4, -0.2) is 16.6 Å². The lowest BCUT2D eigenvalue weighted by atomic mass is 9.98. The molecule has 0 fully saturated rings. The van der Waals surface area contributed by atoms with Gasteiger partial charge in [0.15, 0.2) is 5.78 Å². The van der Waals surface area contributed by atoms with Gasteiger partial charge in [-0.25, -0.2) is 18.8 Å². The van der Waals surface area contributed by atoms with Gasteiger partial charge in [-0.05, 0) is 56.2 Å². The van der Waals surface area contributed by atoms with Crippen molar-refractivity contribution in [3.05, 3.63) is 108 Å². The Bertz CT molecular complexity index is 1230. The number of carbonyl (C=O) groups is 1. The Balaban J connectivity index is 1.71. The number of aliphatic imine (C=N–C) groups is 1. The number of benzene rings is 2. The summed E-state index contributed by atoms with van der Waals surface area (Å²) < 4.78 is 32.8. The fourth-order valence-electron chi connectivity index (χ4n) is 3.28. The molecule has 0 unspecified atom stereocenters. The average molecular weight is 462 g/mol. The van der Waals surface area contributed by atoms with E-state index in [-0.39, 0.29) is 18.6 Å². The van der Waals surface area contributed by atoms with Gasteiger partial charge in [0.1, 0.15) is 34.8 Å². The second-order valence-electron chi connectivity index (χ2n) is 7.53. The average Bonchev–Trinajstić information content (AvgIpc) is 2.79. The Morgan fingerprint density at radius 3 is 2.68 bits per heavy atom. The van der Waals surface area contributed by atoms with Gasteiger partial charge in [0, 0.05) is 42.1 Å². The van der Waals surface area contributed by atoms with E-state index in [0.717, 1.165) is 6.07 Å². The van der Waals surface area contributed by atoms with Crippen LogP contribution in [0.4, 0.5) is 14.6 Å². The molecule has 0 aliphatic carbocycles. The summed E-state index contributed by atoms with van der Waals surface area (Å²) in [6, 6.07) is 11.9. The molecule has 0 bridgehead atoms. The maximum atomic E-state index is 13.4. The minimum Gasteiger partial charge on any atom is -0.457 e. The number of halogens is 2. The standard InChI is InChI=1S/C27H25F2N3O2/c1-4-5-12-30-19(3)32-27-17-23(11-13-31-27)34-26-8-6-7-24(18(26)2)25(33)10-9-20-14-21(28)16-22(29)15-20/h4-8,11-17H,1,9-10H2,2-3H3,(H,30,31,32)/b12-5-. The molecule has 0 aliphatic heterocycles. The maximum Gasteiger partial charge on any atom is 0.163 e. The van der Waals surface area contributed by atoms with Crippen LogP contribution in [0.25, 0.3) is 0 Å². The summed E-state index contributed by atoms with van der Waals surface area (Å²) in [4.78, 5) is 21.3. The molecule has 0 amide bonds. The van der Waals surface area contributed by atoms with Crippen molar-refractivity contribution < 1.29 is 18.3 Å². The van der Waals surface area contributed by atoms with E-state index in [9.17, 15) is 13.6 Å². The van der Waals surface area contributed by atoms with Gasteiger partial charge in [0.2, 0.25) is 0 Å². The zero-order chi connectivity index (χ0) is 24.5. The van der Waals surface area contributed by atoms with Gasteiger partial charge in [0.25, 0.3) is 0 Å². The Labute approximate surface area is 197 Å². The summed E-state index contributed by atoms with van der Waals surface area (Å²) in [5.74, 6) is 0.811. The lowest BCUT2D eigenvalue weighted by molar-refractivity contribution is 0.0982. The third kappa shape index (κ3) is 6.93. The van der Waals surface area contributed by atoms with E-state index in [2.05, 4.69) is 21.9 Å². The number of ketones is 1. The van der Waals surface area contributed by atoms with Crippen LogP contribution in [0.5, 0.6) is 11.5 Å². The van der Waals surface area contributed by atoms with E-state index in [1.807, 2.05) is 0 Å². The molecule has 0 aliphatic rings. The highest BCUT2D eigenvalue weighted by atomic mass is 19.1. The molecule has 7 heteroatoms. The summed E-state index contributed by atoms with van der Waals surface area (Å²) in [5, 5.41) is 3.08. The second kappa shape index (κ2) is 11.7. The summed E-state index contributed by atoms with van der Waals surface area (Å²) in [6.07, 6.45) is 6.92. The van der Waals surface area contributed by atoms with Crippen LogP contribution in [0.1, 0.15) is 34.8 Å². The van der Waals surface area contributed by atoms with E-state index in [1.165, 1.54) is 12.1 Å². The number of pyridine rings is 1. The molecule has 0 saturated carbocycles. The lowest BCUT2D eigenvalue weighted by Crippen LogP contribution is -2.08. The van der Waals surface area contributed by atoms with Crippen LogP contribution in [0, 0.1) is 18.6 Å². The van der Waals surface area contributed by atoms with Crippen molar-refractivity contribution in [2.24, 2.45) is 4.99 Å². The first-order valence-corrected chi connectivity index (χ1v) is 10.7. The van der Waals surface area contributed by atoms with Crippen molar-refractivity contribution in [1.82, 2.24) is 4.98 Å². The second-order valence-corrected chi connectivity index (χ2v) is 7.53. The molecule has 0 spiro atoms. The number of hydrogen-bond acceptors (Lipinski definition) is 4. The third-order valence-corrected chi connectivity index (χ3v) is 4.91. The van der Waals surface area contributed by atoms with Crippen LogP contribution in [0.2, 0.25) is 0 Å². The van der Waals surface area contributed by atoms with E-state index in [1.54, 1.807) is 68.7 Å². The normalized spacial score (nSPS) is 11.5. The molecule has 5 nitrogen and oxygen atoms in total. The van der Waals surface area contributed by atoms with Crippen molar-refractivity contribution in [3.8, 4) is 11.5 Å². The van der Waals surface area contributed by atoms with Crippen LogP contribution in [-0.2, 0) is 6.42 Å². The number of hydrogen-bond donors (Lipinski definition) is 1. The van der Waals surface area contributed by atoms with Gasteiger partial charge in [0.05, 0.1) is 0 Å². The SMILES string of the molecule is C=C/C=C\N=C(C)Nc1cc(Oc2cccc(C(=O)CCc3cc(F)cc(F)c3)c2C)ccn1. The molecule has 0 saturated heterocycles. The van der Waals surface area contributed by atoms with Crippen molar-refractivity contribution in [1.29, 1.82) is 0 Å². The van der Waals surface area contributed by atoms with Gasteiger partial charge >= 0.3 is 0 Å². The number of aryl methyl sites for hydroxylation is 1. The predicted octanol–water partition coefficient (Wildman–Crippen LogP) is 6.81. The zero-order valence-corrected chi connectivity index (χ0v) is 19.0. The van der Waals surface area contributed by atoms with Crippen LogP contribution in [0.15, 0.2) is 84.7 Å². The topological polar surface area (TPSA) is 63.6 Å². The largest absolute Gasteiger partial charge is 0.457 e. The van der Waals surface area contributed by atoms with Gasteiger partial charge in [-0.1, -0.05) is 24.8 Å². The molecule has 1 aromatic heterocycles. The number of rotatable bonds is 9. The smallest absolute Gasteiger partial charge is 0.163 e. The highest BCUT2D eigenvalue weighted by Crippen LogP contribution is 2.29. The molecule has 174 valence electrons. The number of allylic oxidation sites excluding steroid dienone is 2. The van der Waals surface area contributed by atoms with Gasteiger partial charge in [-0.2, -0.15) is 0 Å². The fraction of sp³-hybridized carbons (Fsp3) is 0.148. The number of amidine groups is 1. The van der Waals surface area contributed by atoms with Crippen molar-refractivity contribution in [3.63, 3.8) is 0 Å². The Morgan fingerprint density at radius 2 is 1.94 bits per heavy atom. The Kier molecular flexibility index (Phi) is 8.40. The molecule has 3 aromatic rings. The maximum absolute atomic E-state index is 13.4. The summed E-state index contributed by atoms with van der Waals surface area (Å²) in [7, 11) is 0. The van der Waals surface area contributed by atoms with E-state index >= 15 is 0 Å². The summed E-state index contributed by atoms with van der Waals surface area (Å²) in [6.45, 7) is 7.20. The minimum absolute atomic E-state index is 0.120. The van der Waals surface area contributed by atoms with Gasteiger partial charge in [-0.15, -0.1) is 0 Å². The first-order valence-electron chi connectivity index (χ1n) is 10.7. The minimum atomic E-state index is -0.657. The first-order chi connectivity index (χ1) is 16.4. The first kappa shape index (κ1) is 24.5. The van der Waals surface area contributed by atoms with Crippen molar-refractivity contribution in [2.45, 2.75) is 26.7 Å². The van der Waals surface area contributed by atoms with Gasteiger partial charge in [-0.3, -0.25) is 4.79 Å². The summed E-state index contributed by atoms with van der Waals surface area (Å²) in [5.41, 5.74) is 1.61. The quantitative estimate of drug-likeness (QED) is 0.165. The Hall–Kier alpha value is -4.13. The number of nitrogens with zero attached hydrogens (tertiary/aromatic N) is 2. The molecular formula is C27H25F2N3O2. The lowest BCUT2D eigenvalue weighted by Gasteiger charge is -2.13. The fourth-order valence-corrected chi connectivity index (χ4v) is 3.28. The van der Waals surface area contributed by atoms with Gasteiger partial charge < -0.3 is 10.1 Å². The summed E-state index contributed by atoms with van der Waals surface area (Å²) >= 11 is 0. The van der Waals surface area contributed by atoms with Crippen LogP contribution in [0.3, 0.4) is 0 Å². The Morgan fingerprint density at radius 1 is 1.18 bits per heavy atom. The van der Waals surface area contributed by atoms with Crippen molar-refractivity contribution >= 4 is 17.4 Å². The number of anilines is 1. The zero-order valence-electron chi connectivity index (χ0n) is 19.0. The molecule has 1 heterocycles. The highest BCUT2D eigenvalue weighted by molar-refractivity contribution is 5.98. The van der Waals surface area contributed by atoms with E-state index < -0.39 is 11.6 Å². The molecule has 0 radical (unpaired) electrons. The van der Waals surface area contributed by atoms with Crippen LogP contribution >= 0.6 is 0 Å². The number of Topliss-reactive ketones (excluding diaryl/α,β-unsaturated/α-hetero) is 1. The molecular weight excluding hydrogens is 436 g/mol. The monoisotopic (exact) mass is 461 g/mol. The molecule has 34 heavy (non-hydrogen) atoms. The number of ether oxygens (including phenoxy) is 1. The predicted molar refractivity (Wildman–Crippen MR) is 131 cm³/mol. The van der Waals surface area contributed by atoms with Crippen LogP contribution < -0.4 is 10.1 Å². The molecule has 1 N–H and O–H groups in total. The number of aromatic nitrogens is 1. The van der Waals surface area contributed by atoms with E-state index in [0.29, 0.717) is 39.8 Å². The highest BCUT2D eigenvalue weighted by Gasteiger charge is 2.14. The third-order valence-electron chi connectivity index (χ3n) is 4.91. The molecule has 0 atom stereocenters. The van der Waals surface area contributed by atoms with Crippen molar-refractivity contribution in [2.75, 3.05) is 5.32 Å². The number of carbonyl (C=O) groups excluding carboxylic acids is 1. The molecule has 3 rings (SSSR count).